The largest absolute Gasteiger partial charge is 0.493 e. The number of anilines is 1. The van der Waals surface area contributed by atoms with Gasteiger partial charge in [-0.2, -0.15) is 5.10 Å². The molecule has 0 saturated carbocycles. The molecule has 0 unspecified atom stereocenters. The summed E-state index contributed by atoms with van der Waals surface area (Å²) in [4.78, 5) is 4.35. The lowest BCUT2D eigenvalue weighted by Gasteiger charge is -2.11. The predicted octanol–water partition coefficient (Wildman–Crippen LogP) is 2.30. The molecular weight excluding hydrogens is 437 g/mol. The molecule has 0 amide bonds. The molecule has 0 aliphatic rings. The van der Waals surface area contributed by atoms with E-state index < -0.39 is 0 Å². The number of ether oxygens (including phenoxy) is 3. The molecule has 2 rings (SSSR count). The van der Waals surface area contributed by atoms with Crippen molar-refractivity contribution < 1.29 is 14.2 Å². The van der Waals surface area contributed by atoms with Crippen molar-refractivity contribution in [2.24, 2.45) is 17.8 Å². The summed E-state index contributed by atoms with van der Waals surface area (Å²) in [5.74, 6) is 2.22. The summed E-state index contributed by atoms with van der Waals surface area (Å²) in [6, 6.07) is 5.42. The van der Waals surface area contributed by atoms with Gasteiger partial charge in [0, 0.05) is 18.8 Å². The Labute approximate surface area is 164 Å². The number of guanidine groups is 1. The topological polar surface area (TPSA) is 95.9 Å². The highest BCUT2D eigenvalue weighted by molar-refractivity contribution is 14.0. The van der Waals surface area contributed by atoms with Crippen molar-refractivity contribution in [3.05, 3.63) is 29.5 Å². The maximum Gasteiger partial charge on any atom is 0.216 e. The third-order valence-electron chi connectivity index (χ3n) is 3.55. The van der Waals surface area contributed by atoms with E-state index in [1.54, 1.807) is 38.1 Å². The second kappa shape index (κ2) is 9.35. The molecule has 0 aliphatic heterocycles. The first-order valence-electron chi connectivity index (χ1n) is 7.35. The zero-order valence-corrected chi connectivity index (χ0v) is 17.3. The number of aryl methyl sites for hydroxylation is 2. The van der Waals surface area contributed by atoms with Crippen LogP contribution in [0, 0.1) is 6.92 Å². The highest BCUT2D eigenvalue weighted by Gasteiger charge is 2.13. The van der Waals surface area contributed by atoms with Crippen LogP contribution in [0.2, 0.25) is 0 Å². The average Bonchev–Trinajstić information content (AvgIpc) is 2.85. The summed E-state index contributed by atoms with van der Waals surface area (Å²) in [6.45, 7) is 2.28. The van der Waals surface area contributed by atoms with Gasteiger partial charge in [-0.15, -0.1) is 24.0 Å². The van der Waals surface area contributed by atoms with Crippen LogP contribution in [-0.2, 0) is 13.6 Å². The van der Waals surface area contributed by atoms with Crippen LogP contribution in [0.25, 0.3) is 0 Å². The maximum atomic E-state index is 5.96. The Hall–Kier alpha value is -2.17. The van der Waals surface area contributed by atoms with E-state index in [1.807, 2.05) is 20.0 Å². The lowest BCUT2D eigenvalue weighted by Crippen LogP contribution is -2.22. The van der Waals surface area contributed by atoms with E-state index in [-0.39, 0.29) is 29.9 Å². The summed E-state index contributed by atoms with van der Waals surface area (Å²) >= 11 is 0. The van der Waals surface area contributed by atoms with Gasteiger partial charge in [-0.25, -0.2) is 9.67 Å². The minimum atomic E-state index is 0. The highest BCUT2D eigenvalue weighted by Crippen LogP contribution is 2.29. The molecule has 0 spiro atoms. The molecule has 0 saturated heterocycles. The quantitative estimate of drug-likeness (QED) is 0.390. The summed E-state index contributed by atoms with van der Waals surface area (Å²) < 4.78 is 17.5. The van der Waals surface area contributed by atoms with Gasteiger partial charge >= 0.3 is 0 Å². The Bertz CT molecular complexity index is 746. The first-order valence-corrected chi connectivity index (χ1v) is 7.35. The number of nitrogens with one attached hydrogen (secondary N) is 1. The highest BCUT2D eigenvalue weighted by atomic mass is 127. The minimum absolute atomic E-state index is 0. The fourth-order valence-corrected chi connectivity index (χ4v) is 2.38. The van der Waals surface area contributed by atoms with Crippen molar-refractivity contribution in [2.45, 2.75) is 13.5 Å². The van der Waals surface area contributed by atoms with E-state index in [2.05, 4.69) is 15.4 Å². The molecule has 3 N–H and O–H groups in total. The molecule has 1 aromatic heterocycles. The molecule has 1 aromatic carbocycles. The Morgan fingerprint density at radius 2 is 1.88 bits per heavy atom. The maximum absolute atomic E-state index is 5.96. The number of benzene rings is 1. The van der Waals surface area contributed by atoms with E-state index in [1.165, 1.54) is 0 Å². The second-order valence-corrected chi connectivity index (χ2v) is 5.09. The van der Waals surface area contributed by atoms with Crippen LogP contribution in [0.4, 0.5) is 5.69 Å². The first kappa shape index (κ1) is 20.9. The SMILES string of the molecule is COc1ccc(NC(N)=NCc2c(C)nn(C)c2OC)cc1OC.I. The predicted molar refractivity (Wildman–Crippen MR) is 108 cm³/mol. The number of hydrogen-bond donors (Lipinski definition) is 2. The van der Waals surface area contributed by atoms with Crippen LogP contribution in [0.15, 0.2) is 23.2 Å². The molecular formula is C16H24IN5O3. The zero-order valence-electron chi connectivity index (χ0n) is 15.0. The third kappa shape index (κ3) is 4.91. The third-order valence-corrected chi connectivity index (χ3v) is 3.55. The summed E-state index contributed by atoms with van der Waals surface area (Å²) in [6.07, 6.45) is 0. The number of aromatic nitrogens is 2. The Kier molecular flexibility index (Phi) is 7.81. The van der Waals surface area contributed by atoms with Gasteiger partial charge in [-0.05, 0) is 19.1 Å². The fourth-order valence-electron chi connectivity index (χ4n) is 2.38. The van der Waals surface area contributed by atoms with Gasteiger partial charge in [-0.1, -0.05) is 0 Å². The van der Waals surface area contributed by atoms with Gasteiger partial charge in [0.1, 0.15) is 0 Å². The van der Waals surface area contributed by atoms with Crippen molar-refractivity contribution in [3.8, 4) is 17.4 Å². The Balaban J connectivity index is 0.00000312. The van der Waals surface area contributed by atoms with Crippen molar-refractivity contribution in [1.82, 2.24) is 9.78 Å². The molecule has 0 radical (unpaired) electrons. The summed E-state index contributed by atoms with van der Waals surface area (Å²) in [7, 11) is 6.60. The fraction of sp³-hybridized carbons (Fsp3) is 0.375. The zero-order chi connectivity index (χ0) is 17.7. The van der Waals surface area contributed by atoms with Gasteiger partial charge in [0.25, 0.3) is 0 Å². The van der Waals surface area contributed by atoms with Crippen molar-refractivity contribution in [3.63, 3.8) is 0 Å². The van der Waals surface area contributed by atoms with Crippen molar-refractivity contribution >= 4 is 35.6 Å². The standard InChI is InChI=1S/C16H23N5O3.HI/c1-10-12(15(24-5)21(2)20-10)9-18-16(17)19-11-6-7-13(22-3)14(8-11)23-4;/h6-8H,9H2,1-5H3,(H3,17,18,19);1H. The van der Waals surface area contributed by atoms with Gasteiger partial charge in [0.15, 0.2) is 17.5 Å². The number of nitrogens with zero attached hydrogens (tertiary/aromatic N) is 3. The molecule has 0 fully saturated rings. The van der Waals surface area contributed by atoms with E-state index in [4.69, 9.17) is 19.9 Å². The molecule has 0 bridgehead atoms. The number of hydrogen-bond acceptors (Lipinski definition) is 5. The number of halogens is 1. The Morgan fingerprint density at radius 1 is 1.20 bits per heavy atom. The van der Waals surface area contributed by atoms with Gasteiger partial charge in [0.2, 0.25) is 5.88 Å². The Morgan fingerprint density at radius 3 is 2.48 bits per heavy atom. The van der Waals surface area contributed by atoms with Gasteiger partial charge < -0.3 is 25.3 Å². The molecule has 0 atom stereocenters. The van der Waals surface area contributed by atoms with E-state index >= 15 is 0 Å². The monoisotopic (exact) mass is 461 g/mol. The molecule has 2 aromatic rings. The molecule has 9 heteroatoms. The number of methoxy groups -OCH3 is 3. The minimum Gasteiger partial charge on any atom is -0.493 e. The molecule has 1 heterocycles. The number of aliphatic imine (C=N–C) groups is 1. The van der Waals surface area contributed by atoms with E-state index in [0.29, 0.717) is 23.9 Å². The summed E-state index contributed by atoms with van der Waals surface area (Å²) in [5.41, 5.74) is 8.47. The van der Waals surface area contributed by atoms with E-state index in [9.17, 15) is 0 Å². The summed E-state index contributed by atoms with van der Waals surface area (Å²) in [5, 5.41) is 7.34. The van der Waals surface area contributed by atoms with Gasteiger partial charge in [-0.3, -0.25) is 0 Å². The first-order chi connectivity index (χ1) is 11.5. The number of rotatable bonds is 6. The van der Waals surface area contributed by atoms with Crippen LogP contribution in [0.5, 0.6) is 17.4 Å². The van der Waals surface area contributed by atoms with Gasteiger partial charge in [0.05, 0.1) is 39.1 Å². The lowest BCUT2D eigenvalue weighted by molar-refractivity contribution is 0.355. The molecule has 0 aliphatic carbocycles. The van der Waals surface area contributed by atoms with Crippen LogP contribution in [0.1, 0.15) is 11.3 Å². The molecule has 8 nitrogen and oxygen atoms in total. The van der Waals surface area contributed by atoms with Crippen LogP contribution >= 0.6 is 24.0 Å². The van der Waals surface area contributed by atoms with Crippen molar-refractivity contribution in [1.29, 1.82) is 0 Å². The van der Waals surface area contributed by atoms with Crippen LogP contribution < -0.4 is 25.3 Å². The van der Waals surface area contributed by atoms with E-state index in [0.717, 1.165) is 16.9 Å². The van der Waals surface area contributed by atoms with Crippen LogP contribution in [0.3, 0.4) is 0 Å². The molecule has 25 heavy (non-hydrogen) atoms. The normalized spacial score (nSPS) is 10.8. The lowest BCUT2D eigenvalue weighted by atomic mass is 10.2. The smallest absolute Gasteiger partial charge is 0.216 e. The second-order valence-electron chi connectivity index (χ2n) is 5.09. The van der Waals surface area contributed by atoms with Crippen molar-refractivity contribution in [2.75, 3.05) is 26.6 Å². The average molecular weight is 461 g/mol. The molecule has 138 valence electrons. The number of nitrogens with two attached hydrogens (primary N) is 1. The van der Waals surface area contributed by atoms with Crippen LogP contribution in [-0.4, -0.2) is 37.1 Å².